The summed E-state index contributed by atoms with van der Waals surface area (Å²) in [5.74, 6) is -1.01. The van der Waals surface area contributed by atoms with Crippen molar-refractivity contribution in [1.29, 1.82) is 0 Å². The van der Waals surface area contributed by atoms with Gasteiger partial charge in [0, 0.05) is 26.9 Å². The van der Waals surface area contributed by atoms with Crippen molar-refractivity contribution in [3.8, 4) is 22.3 Å². The van der Waals surface area contributed by atoms with Crippen LogP contribution in [-0.2, 0) is 16.1 Å². The quantitative estimate of drug-likeness (QED) is 0.212. The van der Waals surface area contributed by atoms with Gasteiger partial charge in [0.2, 0.25) is 5.91 Å². The molecule has 1 amide bonds. The lowest BCUT2D eigenvalue weighted by atomic mass is 9.99. The van der Waals surface area contributed by atoms with Crippen molar-refractivity contribution in [2.45, 2.75) is 27.3 Å². The number of carbonyl (C=O) groups excluding carboxylic acids is 2. The summed E-state index contributed by atoms with van der Waals surface area (Å²) in [4.78, 5) is 44.5. The molecule has 7 nitrogen and oxygen atoms in total. The number of aromatic nitrogens is 2. The van der Waals surface area contributed by atoms with Gasteiger partial charge < -0.3 is 10.1 Å². The van der Waals surface area contributed by atoms with E-state index in [1.165, 1.54) is 33.6 Å². The van der Waals surface area contributed by atoms with Crippen molar-refractivity contribution in [2.75, 3.05) is 11.9 Å². The summed E-state index contributed by atoms with van der Waals surface area (Å²) in [7, 11) is 0. The third kappa shape index (κ3) is 5.38. The number of hydrogen-bond acceptors (Lipinski definition) is 7. The molecule has 0 atom stereocenters. The molecule has 39 heavy (non-hydrogen) atoms. The first kappa shape index (κ1) is 26.8. The second kappa shape index (κ2) is 11.1. The van der Waals surface area contributed by atoms with Crippen LogP contribution in [0.3, 0.4) is 0 Å². The molecule has 0 aliphatic heterocycles. The summed E-state index contributed by atoms with van der Waals surface area (Å²) in [5, 5.41) is 7.91. The number of benzene rings is 2. The first-order valence-electron chi connectivity index (χ1n) is 12.2. The number of amides is 1. The van der Waals surface area contributed by atoms with Gasteiger partial charge in [-0.05, 0) is 49.6 Å². The zero-order valence-corrected chi connectivity index (χ0v) is 23.8. The molecule has 10 heteroatoms. The number of fused-ring (bicyclic) bond motifs is 1. The maximum atomic E-state index is 13.5. The molecule has 0 fully saturated rings. The molecule has 3 aromatic heterocycles. The molecule has 0 saturated heterocycles. The van der Waals surface area contributed by atoms with Crippen molar-refractivity contribution in [3.63, 3.8) is 0 Å². The van der Waals surface area contributed by atoms with E-state index >= 15 is 0 Å². The molecule has 0 spiro atoms. The molecule has 1 N–H and O–H groups in total. The highest BCUT2D eigenvalue weighted by atomic mass is 35.5. The summed E-state index contributed by atoms with van der Waals surface area (Å²) in [5.41, 5.74) is 5.30. The van der Waals surface area contributed by atoms with Crippen LogP contribution in [0.25, 0.3) is 32.5 Å². The minimum atomic E-state index is -0.546. The molecule has 0 radical (unpaired) electrons. The third-order valence-corrected chi connectivity index (χ3v) is 8.26. The van der Waals surface area contributed by atoms with Crippen LogP contribution >= 0.6 is 34.3 Å². The Morgan fingerprint density at radius 2 is 1.77 bits per heavy atom. The highest BCUT2D eigenvalue weighted by molar-refractivity contribution is 7.17. The SMILES string of the molecule is CCOC(=O)c1c(-c2ccc(Cl)cc2)csc1NC(=O)Cn1cnc2scc(-c3ccc(C)cc3C)c2c1=O. The van der Waals surface area contributed by atoms with E-state index in [1.54, 1.807) is 36.6 Å². The van der Waals surface area contributed by atoms with E-state index in [9.17, 15) is 14.4 Å². The summed E-state index contributed by atoms with van der Waals surface area (Å²) in [6.07, 6.45) is 1.38. The normalized spacial score (nSPS) is 11.1. The van der Waals surface area contributed by atoms with Crippen LogP contribution in [0.5, 0.6) is 0 Å². The Hall–Kier alpha value is -3.79. The summed E-state index contributed by atoms with van der Waals surface area (Å²) in [6, 6.07) is 13.1. The van der Waals surface area contributed by atoms with Gasteiger partial charge in [-0.15, -0.1) is 22.7 Å². The van der Waals surface area contributed by atoms with Gasteiger partial charge in [0.1, 0.15) is 21.9 Å². The summed E-state index contributed by atoms with van der Waals surface area (Å²) in [6.45, 7) is 5.67. The monoisotopic (exact) mass is 577 g/mol. The van der Waals surface area contributed by atoms with Gasteiger partial charge in [-0.1, -0.05) is 47.5 Å². The average molecular weight is 578 g/mol. The first-order valence-corrected chi connectivity index (χ1v) is 14.3. The number of esters is 1. The van der Waals surface area contributed by atoms with Crippen LogP contribution in [0.1, 0.15) is 28.4 Å². The Labute approximate surface area is 237 Å². The number of hydrogen-bond donors (Lipinski definition) is 1. The Morgan fingerprint density at radius 1 is 1.03 bits per heavy atom. The molecule has 198 valence electrons. The van der Waals surface area contributed by atoms with Gasteiger partial charge in [0.15, 0.2) is 0 Å². The summed E-state index contributed by atoms with van der Waals surface area (Å²) >= 11 is 8.63. The van der Waals surface area contributed by atoms with Crippen LogP contribution < -0.4 is 10.9 Å². The lowest BCUT2D eigenvalue weighted by Crippen LogP contribution is -2.28. The molecule has 0 aliphatic carbocycles. The van der Waals surface area contributed by atoms with Gasteiger partial charge in [-0.3, -0.25) is 14.2 Å². The molecule has 0 saturated carbocycles. The van der Waals surface area contributed by atoms with E-state index in [-0.39, 0.29) is 24.3 Å². The second-order valence-electron chi connectivity index (χ2n) is 8.95. The highest BCUT2D eigenvalue weighted by Crippen LogP contribution is 2.37. The van der Waals surface area contributed by atoms with Crippen LogP contribution in [0.4, 0.5) is 5.00 Å². The zero-order valence-electron chi connectivity index (χ0n) is 21.4. The molecule has 2 aromatic carbocycles. The van der Waals surface area contributed by atoms with E-state index in [1.807, 2.05) is 31.4 Å². The molecular weight excluding hydrogens is 554 g/mol. The van der Waals surface area contributed by atoms with E-state index < -0.39 is 11.9 Å². The van der Waals surface area contributed by atoms with E-state index in [4.69, 9.17) is 16.3 Å². The largest absolute Gasteiger partial charge is 0.462 e. The maximum Gasteiger partial charge on any atom is 0.341 e. The molecule has 0 aliphatic rings. The smallest absolute Gasteiger partial charge is 0.341 e. The number of ether oxygens (including phenoxy) is 1. The minimum Gasteiger partial charge on any atom is -0.462 e. The Kier molecular flexibility index (Phi) is 7.65. The van der Waals surface area contributed by atoms with Gasteiger partial charge >= 0.3 is 5.97 Å². The minimum absolute atomic E-state index is 0.187. The Bertz CT molecular complexity index is 1770. The number of nitrogens with zero attached hydrogens (tertiary/aromatic N) is 2. The van der Waals surface area contributed by atoms with E-state index in [0.717, 1.165) is 27.8 Å². The molecule has 3 heterocycles. The predicted octanol–water partition coefficient (Wildman–Crippen LogP) is 6.94. The van der Waals surface area contributed by atoms with Crippen LogP contribution in [0.15, 0.2) is 64.3 Å². The van der Waals surface area contributed by atoms with Crippen molar-refractivity contribution >= 4 is 61.4 Å². The molecule has 5 rings (SSSR count). The maximum absolute atomic E-state index is 13.5. The highest BCUT2D eigenvalue weighted by Gasteiger charge is 2.23. The Balaban J connectivity index is 1.46. The molecule has 5 aromatic rings. The van der Waals surface area contributed by atoms with Crippen molar-refractivity contribution in [1.82, 2.24) is 9.55 Å². The summed E-state index contributed by atoms with van der Waals surface area (Å²) < 4.78 is 6.56. The van der Waals surface area contributed by atoms with Crippen molar-refractivity contribution in [2.24, 2.45) is 0 Å². The molecule has 0 unspecified atom stereocenters. The lowest BCUT2D eigenvalue weighted by molar-refractivity contribution is -0.116. The number of rotatable bonds is 7. The topological polar surface area (TPSA) is 90.3 Å². The number of halogens is 1. The third-order valence-electron chi connectivity index (χ3n) is 6.23. The van der Waals surface area contributed by atoms with Crippen LogP contribution in [-0.4, -0.2) is 28.0 Å². The van der Waals surface area contributed by atoms with Gasteiger partial charge in [0.25, 0.3) is 5.56 Å². The van der Waals surface area contributed by atoms with E-state index in [2.05, 4.69) is 16.4 Å². The number of thiophene rings is 2. The zero-order chi connectivity index (χ0) is 27.7. The fourth-order valence-corrected chi connectivity index (χ4v) is 6.41. The van der Waals surface area contributed by atoms with Gasteiger partial charge in [-0.25, -0.2) is 9.78 Å². The number of aryl methyl sites for hydroxylation is 2. The first-order chi connectivity index (χ1) is 18.8. The fourth-order valence-electron chi connectivity index (χ4n) is 4.41. The second-order valence-corrected chi connectivity index (χ2v) is 11.1. The van der Waals surface area contributed by atoms with Crippen molar-refractivity contribution in [3.05, 3.63) is 91.6 Å². The lowest BCUT2D eigenvalue weighted by Gasteiger charge is -2.10. The van der Waals surface area contributed by atoms with Gasteiger partial charge in [0.05, 0.1) is 18.3 Å². The Morgan fingerprint density at radius 3 is 2.49 bits per heavy atom. The van der Waals surface area contributed by atoms with Crippen LogP contribution in [0, 0.1) is 13.8 Å². The standard InChI is InChI=1S/C29H24ClN3O4S2/c1-4-37-29(36)25-21(18-6-8-19(30)9-7-18)13-39-27(25)32-23(34)12-33-15-31-26-24(28(33)35)22(14-38-26)20-10-5-16(2)11-17(20)3/h5-11,13-15H,4,12H2,1-3H3,(H,32,34). The molecular formula is C29H24ClN3O4S2. The molecule has 0 bridgehead atoms. The van der Waals surface area contributed by atoms with Gasteiger partial charge in [-0.2, -0.15) is 0 Å². The average Bonchev–Trinajstić information content (AvgIpc) is 3.51. The van der Waals surface area contributed by atoms with Crippen LogP contribution in [0.2, 0.25) is 5.02 Å². The predicted molar refractivity (Wildman–Crippen MR) is 158 cm³/mol. The van der Waals surface area contributed by atoms with Crippen molar-refractivity contribution < 1.29 is 14.3 Å². The number of anilines is 1. The van der Waals surface area contributed by atoms with E-state index in [0.29, 0.717) is 25.8 Å². The number of nitrogens with one attached hydrogen (secondary N) is 1. The number of carbonyl (C=O) groups is 2. The fraction of sp³-hybridized carbons (Fsp3) is 0.172.